The Hall–Kier alpha value is -1.48. The maximum Gasteiger partial charge on any atom is 0.199 e. The van der Waals surface area contributed by atoms with E-state index in [1.807, 2.05) is 0 Å². The number of rotatable bonds is 2. The van der Waals surface area contributed by atoms with Crippen LogP contribution >= 0.6 is 0 Å². The highest BCUT2D eigenvalue weighted by Gasteiger charge is 2.26. The molecule has 1 aromatic heterocycles. The summed E-state index contributed by atoms with van der Waals surface area (Å²) in [5.74, 6) is 1.15. The predicted octanol–water partition coefficient (Wildman–Crippen LogP) is 3.67. The Balaban J connectivity index is 2.00. The Kier molecular flexibility index (Phi) is 3.18. The van der Waals surface area contributed by atoms with Crippen LogP contribution in [-0.4, -0.2) is 16.2 Å². The highest BCUT2D eigenvalue weighted by Crippen LogP contribution is 2.43. The molecular weight excluding hydrogens is 260 g/mol. The van der Waals surface area contributed by atoms with E-state index in [0.29, 0.717) is 11.8 Å². The summed E-state index contributed by atoms with van der Waals surface area (Å²) in [7, 11) is 0. The van der Waals surface area contributed by atoms with E-state index in [9.17, 15) is 5.11 Å². The number of aryl methyl sites for hydroxylation is 1. The van der Waals surface area contributed by atoms with Crippen LogP contribution in [-0.2, 0) is 19.5 Å². The second-order valence-electron chi connectivity index (χ2n) is 6.54. The summed E-state index contributed by atoms with van der Waals surface area (Å²) in [4.78, 5) is 0. The fraction of sp³-hybridized carbons (Fsp3) is 0.556. The first kappa shape index (κ1) is 13.2. The third-order valence-electron chi connectivity index (χ3n) is 5.35. The monoisotopic (exact) mass is 284 g/mol. The molecule has 2 aliphatic rings. The van der Waals surface area contributed by atoms with Gasteiger partial charge in [0, 0.05) is 36.1 Å². The molecule has 0 amide bonds. The van der Waals surface area contributed by atoms with E-state index >= 15 is 0 Å². The maximum absolute atomic E-state index is 10.8. The standard InChI is InChI=1S/C18H24N2O/c1-2-12-9-14(13-5-3-4-6-13)17-15(10-12)16-11-19-7-8-20(16)18(17)21/h9-10,13,19,21H,2-8,11H2,1H3. The van der Waals surface area contributed by atoms with Gasteiger partial charge in [0.15, 0.2) is 5.88 Å². The summed E-state index contributed by atoms with van der Waals surface area (Å²) in [5, 5.41) is 16.6. The average Bonchev–Trinajstić information content (AvgIpc) is 3.15. The first-order valence-corrected chi connectivity index (χ1v) is 8.37. The van der Waals surface area contributed by atoms with Gasteiger partial charge in [-0.15, -0.1) is 0 Å². The molecule has 3 nitrogen and oxygen atoms in total. The first-order valence-electron chi connectivity index (χ1n) is 8.37. The van der Waals surface area contributed by atoms with Crippen LogP contribution in [0.1, 0.15) is 55.3 Å². The minimum atomic E-state index is 0.506. The molecule has 21 heavy (non-hydrogen) atoms. The summed E-state index contributed by atoms with van der Waals surface area (Å²) in [6.45, 7) is 4.91. The average molecular weight is 284 g/mol. The Morgan fingerprint density at radius 1 is 1.29 bits per heavy atom. The topological polar surface area (TPSA) is 37.2 Å². The minimum absolute atomic E-state index is 0.506. The van der Waals surface area contributed by atoms with Crippen molar-refractivity contribution in [2.24, 2.45) is 0 Å². The second kappa shape index (κ2) is 5.06. The van der Waals surface area contributed by atoms with Gasteiger partial charge in [-0.25, -0.2) is 0 Å². The zero-order valence-electron chi connectivity index (χ0n) is 12.8. The van der Waals surface area contributed by atoms with Gasteiger partial charge in [0.05, 0.1) is 0 Å². The molecule has 0 unspecified atom stereocenters. The normalized spacial score (nSPS) is 19.3. The van der Waals surface area contributed by atoms with Gasteiger partial charge in [0.25, 0.3) is 0 Å². The van der Waals surface area contributed by atoms with Crippen LogP contribution in [0, 0.1) is 0 Å². The van der Waals surface area contributed by atoms with Crippen molar-refractivity contribution in [1.82, 2.24) is 9.88 Å². The number of aromatic nitrogens is 1. The molecule has 0 bridgehead atoms. The lowest BCUT2D eigenvalue weighted by atomic mass is 9.91. The number of benzene rings is 1. The van der Waals surface area contributed by atoms with Crippen molar-refractivity contribution in [3.05, 3.63) is 29.0 Å². The molecule has 3 heteroatoms. The molecule has 0 saturated heterocycles. The highest BCUT2D eigenvalue weighted by atomic mass is 16.3. The quantitative estimate of drug-likeness (QED) is 0.883. The molecule has 0 spiro atoms. The second-order valence-corrected chi connectivity index (χ2v) is 6.54. The summed E-state index contributed by atoms with van der Waals surface area (Å²) in [5.41, 5.74) is 4.08. The Bertz CT molecular complexity index is 680. The van der Waals surface area contributed by atoms with E-state index < -0.39 is 0 Å². The Morgan fingerprint density at radius 3 is 2.86 bits per heavy atom. The molecule has 1 fully saturated rings. The van der Waals surface area contributed by atoms with Crippen molar-refractivity contribution < 1.29 is 5.11 Å². The number of aromatic hydroxyl groups is 1. The molecule has 0 radical (unpaired) electrons. The predicted molar refractivity (Wildman–Crippen MR) is 85.9 cm³/mol. The van der Waals surface area contributed by atoms with Crippen molar-refractivity contribution in [2.45, 2.75) is 58.0 Å². The molecule has 1 aliphatic heterocycles. The van der Waals surface area contributed by atoms with Crippen LogP contribution in [0.25, 0.3) is 10.8 Å². The number of hydrogen-bond donors (Lipinski definition) is 2. The lowest BCUT2D eigenvalue weighted by Gasteiger charge is -2.17. The first-order chi connectivity index (χ1) is 10.3. The number of fused-ring (bicyclic) bond motifs is 3. The van der Waals surface area contributed by atoms with Crippen LogP contribution in [0.5, 0.6) is 5.88 Å². The lowest BCUT2D eigenvalue weighted by molar-refractivity contribution is 0.396. The summed E-state index contributed by atoms with van der Waals surface area (Å²) in [6.07, 6.45) is 6.28. The lowest BCUT2D eigenvalue weighted by Crippen LogP contribution is -2.27. The summed E-state index contributed by atoms with van der Waals surface area (Å²) >= 11 is 0. The Labute approximate surface area is 126 Å². The largest absolute Gasteiger partial charge is 0.494 e. The maximum atomic E-state index is 10.8. The van der Waals surface area contributed by atoms with Crippen LogP contribution in [0.4, 0.5) is 0 Å². The molecule has 1 aromatic carbocycles. The van der Waals surface area contributed by atoms with Gasteiger partial charge in [0.1, 0.15) is 0 Å². The van der Waals surface area contributed by atoms with E-state index in [0.717, 1.165) is 31.4 Å². The summed E-state index contributed by atoms with van der Waals surface area (Å²) in [6, 6.07) is 4.66. The van der Waals surface area contributed by atoms with Crippen LogP contribution in [0.2, 0.25) is 0 Å². The fourth-order valence-corrected chi connectivity index (χ4v) is 4.20. The van der Waals surface area contributed by atoms with Gasteiger partial charge in [-0.05, 0) is 42.4 Å². The van der Waals surface area contributed by atoms with Gasteiger partial charge in [-0.3, -0.25) is 0 Å². The molecule has 1 aliphatic carbocycles. The molecule has 1 saturated carbocycles. The van der Waals surface area contributed by atoms with E-state index in [1.165, 1.54) is 47.9 Å². The smallest absolute Gasteiger partial charge is 0.199 e. The van der Waals surface area contributed by atoms with Gasteiger partial charge in [0.2, 0.25) is 0 Å². The number of nitrogens with zero attached hydrogens (tertiary/aromatic N) is 1. The van der Waals surface area contributed by atoms with E-state index in [-0.39, 0.29) is 0 Å². The molecule has 2 N–H and O–H groups in total. The van der Waals surface area contributed by atoms with Crippen molar-refractivity contribution in [3.63, 3.8) is 0 Å². The molecule has 112 valence electrons. The third kappa shape index (κ3) is 1.98. The van der Waals surface area contributed by atoms with Crippen LogP contribution < -0.4 is 5.32 Å². The van der Waals surface area contributed by atoms with Crippen molar-refractivity contribution in [2.75, 3.05) is 6.54 Å². The van der Waals surface area contributed by atoms with Gasteiger partial charge >= 0.3 is 0 Å². The highest BCUT2D eigenvalue weighted by molar-refractivity contribution is 5.95. The van der Waals surface area contributed by atoms with Crippen LogP contribution in [0.3, 0.4) is 0 Å². The SMILES string of the molecule is CCc1cc(C2CCCC2)c2c(O)n3c(c2c1)CNCC3. The Morgan fingerprint density at radius 2 is 2.10 bits per heavy atom. The summed E-state index contributed by atoms with van der Waals surface area (Å²) < 4.78 is 2.12. The molecular formula is C18H24N2O. The number of hydrogen-bond acceptors (Lipinski definition) is 2. The fourth-order valence-electron chi connectivity index (χ4n) is 4.20. The molecule has 0 atom stereocenters. The van der Waals surface area contributed by atoms with Crippen molar-refractivity contribution >= 4 is 10.8 Å². The third-order valence-corrected chi connectivity index (χ3v) is 5.35. The van der Waals surface area contributed by atoms with Crippen LogP contribution in [0.15, 0.2) is 12.1 Å². The molecule has 4 rings (SSSR count). The van der Waals surface area contributed by atoms with Gasteiger partial charge in [-0.2, -0.15) is 0 Å². The minimum Gasteiger partial charge on any atom is -0.494 e. The van der Waals surface area contributed by atoms with Gasteiger partial charge in [-0.1, -0.05) is 25.8 Å². The molecule has 2 aromatic rings. The van der Waals surface area contributed by atoms with E-state index in [2.05, 4.69) is 28.9 Å². The zero-order chi connectivity index (χ0) is 14.4. The number of nitrogens with one attached hydrogen (secondary N) is 1. The zero-order valence-corrected chi connectivity index (χ0v) is 12.8. The van der Waals surface area contributed by atoms with E-state index in [1.54, 1.807) is 0 Å². The van der Waals surface area contributed by atoms with Crippen molar-refractivity contribution in [1.29, 1.82) is 0 Å². The van der Waals surface area contributed by atoms with Gasteiger partial charge < -0.3 is 15.0 Å². The van der Waals surface area contributed by atoms with E-state index in [4.69, 9.17) is 0 Å². The molecule has 2 heterocycles. The van der Waals surface area contributed by atoms with Crippen molar-refractivity contribution in [3.8, 4) is 5.88 Å².